The Bertz CT molecular complexity index is 415. The number of nitro benzene ring substituents is 1. The van der Waals surface area contributed by atoms with Gasteiger partial charge in [0.2, 0.25) is 0 Å². The molecule has 0 amide bonds. The lowest BCUT2D eigenvalue weighted by Gasteiger charge is -1.95. The van der Waals surface area contributed by atoms with Gasteiger partial charge in [0.15, 0.2) is 5.78 Å². The van der Waals surface area contributed by atoms with Crippen molar-refractivity contribution in [2.45, 2.75) is 0 Å². The smallest absolute Gasteiger partial charge is 0.276 e. The molecule has 0 aromatic heterocycles. The molecule has 0 aliphatic carbocycles. The Hall–Kier alpha value is -1.68. The summed E-state index contributed by atoms with van der Waals surface area (Å²) in [4.78, 5) is 21.0. The lowest BCUT2D eigenvalue weighted by Crippen LogP contribution is -1.94. The Kier molecular flexibility index (Phi) is 4.00. The van der Waals surface area contributed by atoms with Crippen LogP contribution in [-0.2, 0) is 4.79 Å². The second kappa shape index (κ2) is 5.26. The third kappa shape index (κ3) is 3.18. The van der Waals surface area contributed by atoms with Crippen molar-refractivity contribution in [3.05, 3.63) is 46.0 Å². The summed E-state index contributed by atoms with van der Waals surface area (Å²) < 4.78 is 0. The molecular formula is C10H8ClNO3. The van der Waals surface area contributed by atoms with E-state index in [4.69, 9.17) is 11.6 Å². The van der Waals surface area contributed by atoms with Crippen molar-refractivity contribution >= 4 is 29.1 Å². The van der Waals surface area contributed by atoms with E-state index in [9.17, 15) is 14.9 Å². The molecule has 0 heterocycles. The molecular weight excluding hydrogens is 218 g/mol. The van der Waals surface area contributed by atoms with Crippen LogP contribution in [-0.4, -0.2) is 16.6 Å². The number of hydrogen-bond donors (Lipinski definition) is 0. The van der Waals surface area contributed by atoms with Crippen LogP contribution in [0.25, 0.3) is 6.08 Å². The number of hydrogen-bond acceptors (Lipinski definition) is 3. The summed E-state index contributed by atoms with van der Waals surface area (Å²) in [5.74, 6) is -0.410. The molecule has 78 valence electrons. The van der Waals surface area contributed by atoms with Crippen LogP contribution in [0.5, 0.6) is 0 Å². The van der Waals surface area contributed by atoms with Gasteiger partial charge in [-0.15, -0.1) is 11.6 Å². The fourth-order valence-corrected chi connectivity index (χ4v) is 1.11. The standard InChI is InChI=1S/C10H8ClNO3/c11-7-9(13)6-5-8-3-1-2-4-10(8)12(14)15/h1-6H,7H2/b6-5+. The van der Waals surface area contributed by atoms with Crippen LogP contribution >= 0.6 is 11.6 Å². The molecule has 0 radical (unpaired) electrons. The average molecular weight is 226 g/mol. The maximum Gasteiger partial charge on any atom is 0.276 e. The fourth-order valence-electron chi connectivity index (χ4n) is 1.02. The van der Waals surface area contributed by atoms with Crippen LogP contribution < -0.4 is 0 Å². The molecule has 15 heavy (non-hydrogen) atoms. The van der Waals surface area contributed by atoms with Gasteiger partial charge in [-0.3, -0.25) is 14.9 Å². The van der Waals surface area contributed by atoms with E-state index in [0.29, 0.717) is 5.56 Å². The predicted molar refractivity (Wildman–Crippen MR) is 57.9 cm³/mol. The summed E-state index contributed by atoms with van der Waals surface area (Å²) in [6, 6.07) is 6.18. The SMILES string of the molecule is O=C(/C=C/c1ccccc1[N+](=O)[O-])CCl. The highest BCUT2D eigenvalue weighted by molar-refractivity contribution is 6.29. The van der Waals surface area contributed by atoms with Gasteiger partial charge in [0, 0.05) is 6.07 Å². The van der Waals surface area contributed by atoms with Gasteiger partial charge in [-0.05, 0) is 18.2 Å². The molecule has 1 aromatic rings. The zero-order valence-corrected chi connectivity index (χ0v) is 8.48. The number of para-hydroxylation sites is 1. The summed E-state index contributed by atoms with van der Waals surface area (Å²) in [6.45, 7) is 0. The topological polar surface area (TPSA) is 60.2 Å². The third-order valence-corrected chi connectivity index (χ3v) is 1.98. The van der Waals surface area contributed by atoms with E-state index in [1.54, 1.807) is 18.2 Å². The zero-order valence-electron chi connectivity index (χ0n) is 7.72. The Morgan fingerprint density at radius 1 is 1.47 bits per heavy atom. The number of benzene rings is 1. The molecule has 0 aliphatic heterocycles. The number of nitrogens with zero attached hydrogens (tertiary/aromatic N) is 1. The van der Waals surface area contributed by atoms with Gasteiger partial charge >= 0.3 is 0 Å². The van der Waals surface area contributed by atoms with Crippen LogP contribution in [0, 0.1) is 10.1 Å². The van der Waals surface area contributed by atoms with E-state index in [1.165, 1.54) is 18.2 Å². The summed E-state index contributed by atoms with van der Waals surface area (Å²) in [6.07, 6.45) is 2.62. The van der Waals surface area contributed by atoms with E-state index in [-0.39, 0.29) is 17.4 Å². The van der Waals surface area contributed by atoms with Gasteiger partial charge < -0.3 is 0 Å². The van der Waals surface area contributed by atoms with Crippen LogP contribution in [0.1, 0.15) is 5.56 Å². The van der Waals surface area contributed by atoms with Crippen molar-refractivity contribution in [1.29, 1.82) is 0 Å². The average Bonchev–Trinajstić information content (AvgIpc) is 2.26. The highest BCUT2D eigenvalue weighted by Gasteiger charge is 2.09. The summed E-state index contributed by atoms with van der Waals surface area (Å²) in [5, 5.41) is 10.6. The normalized spacial score (nSPS) is 10.5. The number of halogens is 1. The van der Waals surface area contributed by atoms with Gasteiger partial charge in [-0.25, -0.2) is 0 Å². The van der Waals surface area contributed by atoms with Gasteiger partial charge in [-0.2, -0.15) is 0 Å². The van der Waals surface area contributed by atoms with Crippen LogP contribution in [0.2, 0.25) is 0 Å². The second-order valence-corrected chi connectivity index (χ2v) is 3.02. The number of carbonyl (C=O) groups is 1. The first-order valence-electron chi connectivity index (χ1n) is 4.15. The Labute approximate surface area is 91.3 Å². The molecule has 1 rings (SSSR count). The maximum atomic E-state index is 10.9. The fraction of sp³-hybridized carbons (Fsp3) is 0.100. The van der Waals surface area contributed by atoms with Gasteiger partial charge in [0.25, 0.3) is 5.69 Å². The molecule has 0 fully saturated rings. The van der Waals surface area contributed by atoms with Crippen molar-refractivity contribution < 1.29 is 9.72 Å². The lowest BCUT2D eigenvalue weighted by atomic mass is 10.1. The second-order valence-electron chi connectivity index (χ2n) is 2.75. The number of carbonyl (C=O) groups excluding carboxylic acids is 1. The first-order valence-corrected chi connectivity index (χ1v) is 4.69. The lowest BCUT2D eigenvalue weighted by molar-refractivity contribution is -0.385. The van der Waals surface area contributed by atoms with E-state index >= 15 is 0 Å². The van der Waals surface area contributed by atoms with Crippen LogP contribution in [0.4, 0.5) is 5.69 Å². The molecule has 0 saturated carbocycles. The minimum absolute atomic E-state index is 0.0314. The van der Waals surface area contributed by atoms with E-state index in [0.717, 1.165) is 0 Å². The predicted octanol–water partition coefficient (Wildman–Crippen LogP) is 2.42. The molecule has 1 aromatic carbocycles. The molecule has 5 heteroatoms. The molecule has 0 unspecified atom stereocenters. The number of rotatable bonds is 4. The van der Waals surface area contributed by atoms with Crippen molar-refractivity contribution in [2.24, 2.45) is 0 Å². The molecule has 0 atom stereocenters. The molecule has 0 N–H and O–H groups in total. The summed E-state index contributed by atoms with van der Waals surface area (Å²) in [7, 11) is 0. The number of ketones is 1. The molecule has 0 spiro atoms. The summed E-state index contributed by atoms with van der Waals surface area (Å²) in [5.41, 5.74) is 0.358. The quantitative estimate of drug-likeness (QED) is 0.342. The first-order chi connectivity index (χ1) is 7.15. The van der Waals surface area contributed by atoms with Crippen LogP contribution in [0.15, 0.2) is 30.3 Å². The molecule has 0 saturated heterocycles. The zero-order chi connectivity index (χ0) is 11.3. The largest absolute Gasteiger partial charge is 0.294 e. The third-order valence-electron chi connectivity index (χ3n) is 1.71. The van der Waals surface area contributed by atoms with Crippen molar-refractivity contribution in [1.82, 2.24) is 0 Å². The van der Waals surface area contributed by atoms with Crippen LogP contribution in [0.3, 0.4) is 0 Å². The number of nitro groups is 1. The molecule has 0 bridgehead atoms. The van der Waals surface area contributed by atoms with Crippen molar-refractivity contribution in [3.8, 4) is 0 Å². The van der Waals surface area contributed by atoms with E-state index < -0.39 is 4.92 Å². The van der Waals surface area contributed by atoms with E-state index in [1.807, 2.05) is 0 Å². The highest BCUT2D eigenvalue weighted by atomic mass is 35.5. The first kappa shape index (κ1) is 11.4. The van der Waals surface area contributed by atoms with E-state index in [2.05, 4.69) is 0 Å². The monoisotopic (exact) mass is 225 g/mol. The van der Waals surface area contributed by atoms with Gasteiger partial charge in [0.1, 0.15) is 0 Å². The van der Waals surface area contributed by atoms with Crippen molar-refractivity contribution in [3.63, 3.8) is 0 Å². The Balaban J connectivity index is 2.99. The van der Waals surface area contributed by atoms with Gasteiger partial charge in [-0.1, -0.05) is 12.1 Å². The molecule has 0 aliphatic rings. The minimum Gasteiger partial charge on any atom is -0.294 e. The maximum absolute atomic E-state index is 10.9. The number of allylic oxidation sites excluding steroid dienone is 1. The van der Waals surface area contributed by atoms with Gasteiger partial charge in [0.05, 0.1) is 16.4 Å². The molecule has 4 nitrogen and oxygen atoms in total. The Morgan fingerprint density at radius 3 is 2.73 bits per heavy atom. The minimum atomic E-state index is -0.495. The summed E-state index contributed by atoms with van der Waals surface area (Å²) >= 11 is 5.29. The van der Waals surface area contributed by atoms with Crippen molar-refractivity contribution in [2.75, 3.05) is 5.88 Å². The number of alkyl halides is 1. The highest BCUT2D eigenvalue weighted by Crippen LogP contribution is 2.18. The Morgan fingerprint density at radius 2 is 2.13 bits per heavy atom.